The molecule has 0 amide bonds. The van der Waals surface area contributed by atoms with Gasteiger partial charge in [0.15, 0.2) is 5.16 Å². The highest BCUT2D eigenvalue weighted by Gasteiger charge is 2.18. The maximum Gasteiger partial charge on any atom is 0.262 e. The van der Waals surface area contributed by atoms with E-state index in [4.69, 9.17) is 9.72 Å². The number of benzene rings is 2. The van der Waals surface area contributed by atoms with Crippen LogP contribution >= 0.6 is 11.8 Å². The zero-order chi connectivity index (χ0) is 18.5. The molecule has 0 aliphatic carbocycles. The third kappa shape index (κ3) is 4.42. The van der Waals surface area contributed by atoms with Gasteiger partial charge < -0.3 is 4.74 Å². The van der Waals surface area contributed by atoms with E-state index in [1.165, 1.54) is 5.56 Å². The van der Waals surface area contributed by atoms with E-state index in [0.29, 0.717) is 11.9 Å². The highest BCUT2D eigenvalue weighted by molar-refractivity contribution is 7.99. The predicted octanol–water partition coefficient (Wildman–Crippen LogP) is 4.30. The Kier molecular flexibility index (Phi) is 5.90. The lowest BCUT2D eigenvalue weighted by molar-refractivity contribution is 0.129. The van der Waals surface area contributed by atoms with E-state index >= 15 is 0 Å². The summed E-state index contributed by atoms with van der Waals surface area (Å²) in [5.41, 5.74) is 2.13. The quantitative estimate of drug-likeness (QED) is 0.453. The molecular formula is C22H24N2O2S. The van der Waals surface area contributed by atoms with E-state index in [1.807, 2.05) is 34.9 Å². The summed E-state index contributed by atoms with van der Waals surface area (Å²) < 4.78 is 7.59. The molecule has 2 heterocycles. The van der Waals surface area contributed by atoms with Gasteiger partial charge in [0.05, 0.1) is 17.0 Å². The van der Waals surface area contributed by atoms with Gasteiger partial charge in [-0.2, -0.15) is 0 Å². The second kappa shape index (κ2) is 8.72. The third-order valence-corrected chi connectivity index (χ3v) is 6.05. The van der Waals surface area contributed by atoms with E-state index in [9.17, 15) is 4.79 Å². The first kappa shape index (κ1) is 18.3. The molecule has 0 radical (unpaired) electrons. The first-order valence-electron chi connectivity index (χ1n) is 9.59. The average Bonchev–Trinajstić information content (AvgIpc) is 3.23. The fraction of sp³-hybridized carbons (Fsp3) is 0.364. The molecule has 4 rings (SSSR count). The van der Waals surface area contributed by atoms with E-state index in [1.54, 1.807) is 11.8 Å². The van der Waals surface area contributed by atoms with Gasteiger partial charge in [0.1, 0.15) is 0 Å². The highest BCUT2D eigenvalue weighted by atomic mass is 32.2. The standard InChI is InChI=1S/C22H24N2O2S/c25-21-19-12-4-5-13-20(19)23-22(27-16-18-11-7-15-26-18)24(21)14-6-10-17-8-2-1-3-9-17/h1-5,8-9,12-13,18H,6-7,10-11,14-16H2. The summed E-state index contributed by atoms with van der Waals surface area (Å²) in [5, 5.41) is 1.50. The molecule has 1 aromatic heterocycles. The van der Waals surface area contributed by atoms with Crippen molar-refractivity contribution in [3.8, 4) is 0 Å². The molecule has 1 aliphatic heterocycles. The first-order chi connectivity index (χ1) is 13.3. The van der Waals surface area contributed by atoms with Crippen LogP contribution in [-0.4, -0.2) is 28.0 Å². The molecule has 140 valence electrons. The summed E-state index contributed by atoms with van der Waals surface area (Å²) in [6, 6.07) is 18.0. The number of aromatic nitrogens is 2. The molecule has 1 fully saturated rings. The van der Waals surface area contributed by atoms with Crippen LogP contribution in [0.25, 0.3) is 10.9 Å². The van der Waals surface area contributed by atoms with Crippen molar-refractivity contribution < 1.29 is 4.74 Å². The van der Waals surface area contributed by atoms with Crippen LogP contribution in [0.1, 0.15) is 24.8 Å². The molecule has 1 atom stereocenters. The molecule has 1 saturated heterocycles. The van der Waals surface area contributed by atoms with Crippen molar-refractivity contribution in [1.82, 2.24) is 9.55 Å². The van der Waals surface area contributed by atoms with Crippen LogP contribution in [0.4, 0.5) is 0 Å². The SMILES string of the molecule is O=c1c2ccccc2nc(SCC2CCCO2)n1CCCc1ccccc1. The van der Waals surface area contributed by atoms with Crippen molar-refractivity contribution in [2.75, 3.05) is 12.4 Å². The topological polar surface area (TPSA) is 44.1 Å². The maximum absolute atomic E-state index is 13.1. The molecule has 5 heteroatoms. The van der Waals surface area contributed by atoms with Crippen molar-refractivity contribution in [2.45, 2.75) is 43.5 Å². The summed E-state index contributed by atoms with van der Waals surface area (Å²) in [6.45, 7) is 1.53. The van der Waals surface area contributed by atoms with E-state index < -0.39 is 0 Å². The molecule has 27 heavy (non-hydrogen) atoms. The minimum Gasteiger partial charge on any atom is -0.377 e. The molecular weight excluding hydrogens is 356 g/mol. The zero-order valence-electron chi connectivity index (χ0n) is 15.3. The van der Waals surface area contributed by atoms with Gasteiger partial charge in [-0.15, -0.1) is 0 Å². The van der Waals surface area contributed by atoms with Crippen molar-refractivity contribution in [1.29, 1.82) is 0 Å². The lowest BCUT2D eigenvalue weighted by Crippen LogP contribution is -2.24. The monoisotopic (exact) mass is 380 g/mol. The Morgan fingerprint density at radius 2 is 1.93 bits per heavy atom. The van der Waals surface area contributed by atoms with E-state index in [0.717, 1.165) is 48.7 Å². The van der Waals surface area contributed by atoms with Crippen molar-refractivity contribution >= 4 is 22.7 Å². The van der Waals surface area contributed by atoms with Crippen LogP contribution in [0.15, 0.2) is 64.5 Å². The number of para-hydroxylation sites is 1. The van der Waals surface area contributed by atoms with Crippen LogP contribution in [0.2, 0.25) is 0 Å². The third-order valence-electron chi connectivity index (χ3n) is 4.94. The lowest BCUT2D eigenvalue weighted by Gasteiger charge is -2.15. The number of rotatable bonds is 7. The van der Waals surface area contributed by atoms with Crippen LogP contribution < -0.4 is 5.56 Å². The van der Waals surface area contributed by atoms with Gasteiger partial charge in [-0.1, -0.05) is 54.2 Å². The first-order valence-corrected chi connectivity index (χ1v) is 10.6. The highest BCUT2D eigenvalue weighted by Crippen LogP contribution is 2.23. The summed E-state index contributed by atoms with van der Waals surface area (Å²) in [6.07, 6.45) is 4.36. The van der Waals surface area contributed by atoms with Crippen LogP contribution in [-0.2, 0) is 17.7 Å². The van der Waals surface area contributed by atoms with E-state index in [-0.39, 0.29) is 11.7 Å². The van der Waals surface area contributed by atoms with Crippen molar-refractivity contribution in [2.24, 2.45) is 0 Å². The van der Waals surface area contributed by atoms with Gasteiger partial charge in [-0.05, 0) is 43.4 Å². The molecule has 1 unspecified atom stereocenters. The summed E-state index contributed by atoms with van der Waals surface area (Å²) in [4.78, 5) is 17.9. The van der Waals surface area contributed by atoms with Gasteiger partial charge in [0, 0.05) is 18.9 Å². The molecule has 0 spiro atoms. The second-order valence-corrected chi connectivity index (χ2v) is 7.89. The van der Waals surface area contributed by atoms with E-state index in [2.05, 4.69) is 24.3 Å². The van der Waals surface area contributed by atoms with Crippen molar-refractivity contribution in [3.05, 3.63) is 70.5 Å². The minimum atomic E-state index is 0.0588. The number of aryl methyl sites for hydroxylation is 1. The van der Waals surface area contributed by atoms with Crippen LogP contribution in [0, 0.1) is 0 Å². The number of nitrogens with zero attached hydrogens (tertiary/aromatic N) is 2. The normalized spacial score (nSPS) is 16.8. The fourth-order valence-electron chi connectivity index (χ4n) is 3.48. The van der Waals surface area contributed by atoms with Crippen LogP contribution in [0.5, 0.6) is 0 Å². The number of fused-ring (bicyclic) bond motifs is 1. The molecule has 0 bridgehead atoms. The largest absolute Gasteiger partial charge is 0.377 e. The average molecular weight is 381 g/mol. The number of hydrogen-bond donors (Lipinski definition) is 0. The Morgan fingerprint density at radius 1 is 1.11 bits per heavy atom. The summed E-state index contributed by atoms with van der Waals surface area (Å²) >= 11 is 1.65. The van der Waals surface area contributed by atoms with Gasteiger partial charge >= 0.3 is 0 Å². The molecule has 1 aliphatic rings. The Morgan fingerprint density at radius 3 is 2.74 bits per heavy atom. The lowest BCUT2D eigenvalue weighted by atomic mass is 10.1. The summed E-state index contributed by atoms with van der Waals surface area (Å²) in [5.74, 6) is 0.851. The molecule has 0 N–H and O–H groups in total. The molecule has 0 saturated carbocycles. The number of hydrogen-bond acceptors (Lipinski definition) is 4. The smallest absolute Gasteiger partial charge is 0.262 e. The fourth-order valence-corrected chi connectivity index (χ4v) is 4.58. The van der Waals surface area contributed by atoms with Crippen molar-refractivity contribution in [3.63, 3.8) is 0 Å². The predicted molar refractivity (Wildman–Crippen MR) is 110 cm³/mol. The summed E-state index contributed by atoms with van der Waals surface area (Å²) in [7, 11) is 0. The molecule has 4 nitrogen and oxygen atoms in total. The van der Waals surface area contributed by atoms with Crippen LogP contribution in [0.3, 0.4) is 0 Å². The maximum atomic E-state index is 13.1. The Balaban J connectivity index is 1.56. The van der Waals surface area contributed by atoms with Gasteiger partial charge in [-0.3, -0.25) is 9.36 Å². The Bertz CT molecular complexity index is 949. The Labute approximate surface area is 163 Å². The van der Waals surface area contributed by atoms with Gasteiger partial charge in [0.2, 0.25) is 0 Å². The Hall–Kier alpha value is -2.11. The van der Waals surface area contributed by atoms with Gasteiger partial charge in [-0.25, -0.2) is 4.98 Å². The van der Waals surface area contributed by atoms with Gasteiger partial charge in [0.25, 0.3) is 5.56 Å². The zero-order valence-corrected chi connectivity index (χ0v) is 16.2. The minimum absolute atomic E-state index is 0.0588. The molecule has 2 aromatic carbocycles. The molecule has 3 aromatic rings. The second-order valence-electron chi connectivity index (χ2n) is 6.90. The number of thioether (sulfide) groups is 1. The number of ether oxygens (including phenoxy) is 1.